The molecule has 166 valence electrons. The molecule has 0 atom stereocenters. The number of aliphatic carboxylic acids is 2. The van der Waals surface area contributed by atoms with E-state index in [2.05, 4.69) is 5.32 Å². The van der Waals surface area contributed by atoms with E-state index in [-0.39, 0.29) is 29.5 Å². The number of carboxylic acid groups (broad SMARTS) is 2. The predicted molar refractivity (Wildman–Crippen MR) is 109 cm³/mol. The second kappa shape index (κ2) is 13.9. The number of hydrogen-bond acceptors (Lipinski definition) is 7. The van der Waals surface area contributed by atoms with E-state index >= 15 is 0 Å². The van der Waals surface area contributed by atoms with Crippen LogP contribution in [0.15, 0.2) is 30.4 Å². The molecule has 1 rings (SSSR count). The van der Waals surface area contributed by atoms with Gasteiger partial charge in [-0.1, -0.05) is 33.8 Å². The van der Waals surface area contributed by atoms with Crippen LogP contribution in [0, 0.1) is 11.8 Å². The minimum Gasteiger partial charge on any atom is -0.478 e. The molecule has 1 aromatic carbocycles. The first-order chi connectivity index (χ1) is 14.0. The van der Waals surface area contributed by atoms with Crippen molar-refractivity contribution in [2.45, 2.75) is 34.1 Å². The zero-order valence-electron chi connectivity index (χ0n) is 17.8. The van der Waals surface area contributed by atoms with E-state index < -0.39 is 11.9 Å². The Hall–Kier alpha value is -3.20. The summed E-state index contributed by atoms with van der Waals surface area (Å²) in [6.45, 7) is 7.83. The molecule has 0 aliphatic heterocycles. The van der Waals surface area contributed by atoms with Gasteiger partial charge in [-0.25, -0.2) is 9.59 Å². The standard InChI is InChI=1S/C17H25NO4.C4H4O4/c1-11(2)16(19)21-14-7-6-13(8-9-18-5)10-15(14)22-17(20)12(3)4;5-3(6)1-2-4(7)8/h6-7,10-12,18H,8-9H2,1-5H3;1-2H,(H,5,6)(H,7,8). The molecule has 0 unspecified atom stereocenters. The number of likely N-dealkylation sites (N-methyl/N-ethyl adjacent to an activating group) is 1. The van der Waals surface area contributed by atoms with Crippen molar-refractivity contribution in [3.8, 4) is 11.5 Å². The molecule has 3 N–H and O–H groups in total. The lowest BCUT2D eigenvalue weighted by Crippen LogP contribution is -2.18. The third kappa shape index (κ3) is 11.6. The van der Waals surface area contributed by atoms with Crippen molar-refractivity contribution in [1.29, 1.82) is 0 Å². The van der Waals surface area contributed by atoms with Crippen LogP contribution >= 0.6 is 0 Å². The van der Waals surface area contributed by atoms with Crippen LogP contribution in [0.2, 0.25) is 0 Å². The molecule has 0 aromatic heterocycles. The molecule has 1 aromatic rings. The van der Waals surface area contributed by atoms with Gasteiger partial charge in [-0.05, 0) is 37.7 Å². The van der Waals surface area contributed by atoms with Crippen LogP contribution in [0.3, 0.4) is 0 Å². The van der Waals surface area contributed by atoms with Crippen LogP contribution in [0.4, 0.5) is 0 Å². The number of ether oxygens (including phenoxy) is 2. The molecule has 0 aliphatic carbocycles. The lowest BCUT2D eigenvalue weighted by molar-refractivity contribution is -0.140. The SMILES string of the molecule is CNCCc1ccc(OC(=O)C(C)C)c(OC(=O)C(C)C)c1.O=C(O)C=CC(=O)O. The number of carbonyl (C=O) groups is 4. The molecule has 0 bridgehead atoms. The molecule has 9 nitrogen and oxygen atoms in total. The summed E-state index contributed by atoms with van der Waals surface area (Å²) in [4.78, 5) is 42.7. The van der Waals surface area contributed by atoms with Crippen LogP contribution in [-0.2, 0) is 25.6 Å². The Morgan fingerprint density at radius 3 is 1.77 bits per heavy atom. The summed E-state index contributed by atoms with van der Waals surface area (Å²) in [5.74, 6) is -3.16. The molecule has 0 heterocycles. The summed E-state index contributed by atoms with van der Waals surface area (Å²) < 4.78 is 10.7. The largest absolute Gasteiger partial charge is 0.478 e. The summed E-state index contributed by atoms with van der Waals surface area (Å²) >= 11 is 0. The van der Waals surface area contributed by atoms with Gasteiger partial charge in [-0.3, -0.25) is 9.59 Å². The van der Waals surface area contributed by atoms with Crippen molar-refractivity contribution >= 4 is 23.9 Å². The predicted octanol–water partition coefficient (Wildman–Crippen LogP) is 2.28. The molecule has 0 spiro atoms. The fraction of sp³-hybridized carbons (Fsp3) is 0.429. The highest BCUT2D eigenvalue weighted by Crippen LogP contribution is 2.30. The maximum absolute atomic E-state index is 11.8. The highest BCUT2D eigenvalue weighted by molar-refractivity contribution is 5.89. The van der Waals surface area contributed by atoms with Crippen LogP contribution in [-0.4, -0.2) is 47.7 Å². The van der Waals surface area contributed by atoms with Crippen LogP contribution in [0.25, 0.3) is 0 Å². The highest BCUT2D eigenvalue weighted by Gasteiger charge is 2.18. The third-order valence-electron chi connectivity index (χ3n) is 3.40. The van der Waals surface area contributed by atoms with Gasteiger partial charge in [0.05, 0.1) is 11.8 Å². The first-order valence-corrected chi connectivity index (χ1v) is 9.32. The van der Waals surface area contributed by atoms with Gasteiger partial charge in [0, 0.05) is 12.2 Å². The smallest absolute Gasteiger partial charge is 0.328 e. The maximum Gasteiger partial charge on any atom is 0.328 e. The van der Waals surface area contributed by atoms with E-state index in [4.69, 9.17) is 19.7 Å². The van der Waals surface area contributed by atoms with Gasteiger partial charge in [0.25, 0.3) is 0 Å². The number of carbonyl (C=O) groups excluding carboxylic acids is 2. The topological polar surface area (TPSA) is 139 Å². The molecule has 0 amide bonds. The molecule has 0 radical (unpaired) electrons. The molecular weight excluding hydrogens is 394 g/mol. The number of nitrogens with one attached hydrogen (secondary N) is 1. The maximum atomic E-state index is 11.8. The van der Waals surface area contributed by atoms with Gasteiger partial charge in [0.2, 0.25) is 0 Å². The van der Waals surface area contributed by atoms with Crippen LogP contribution in [0.5, 0.6) is 11.5 Å². The van der Waals surface area contributed by atoms with E-state index in [9.17, 15) is 19.2 Å². The molecule has 9 heteroatoms. The minimum absolute atomic E-state index is 0.252. The summed E-state index contributed by atoms with van der Waals surface area (Å²) in [7, 11) is 1.87. The van der Waals surface area contributed by atoms with Gasteiger partial charge < -0.3 is 25.0 Å². The molecular formula is C21H29NO8. The van der Waals surface area contributed by atoms with Crippen LogP contribution in [0.1, 0.15) is 33.3 Å². The third-order valence-corrected chi connectivity index (χ3v) is 3.40. The van der Waals surface area contributed by atoms with Gasteiger partial charge in [-0.2, -0.15) is 0 Å². The van der Waals surface area contributed by atoms with Gasteiger partial charge >= 0.3 is 23.9 Å². The van der Waals surface area contributed by atoms with E-state index in [0.29, 0.717) is 17.9 Å². The van der Waals surface area contributed by atoms with Crippen molar-refractivity contribution in [2.24, 2.45) is 11.8 Å². The Morgan fingerprint density at radius 2 is 1.37 bits per heavy atom. The fourth-order valence-corrected chi connectivity index (χ4v) is 1.74. The molecule has 30 heavy (non-hydrogen) atoms. The molecule has 0 saturated heterocycles. The van der Waals surface area contributed by atoms with Gasteiger partial charge in [-0.15, -0.1) is 0 Å². The van der Waals surface area contributed by atoms with E-state index in [1.807, 2.05) is 13.1 Å². The van der Waals surface area contributed by atoms with Crippen molar-refractivity contribution in [3.05, 3.63) is 35.9 Å². The number of esters is 2. The number of hydrogen-bond donors (Lipinski definition) is 3. The molecule has 0 saturated carbocycles. The summed E-state index contributed by atoms with van der Waals surface area (Å²) in [6, 6.07) is 5.29. The Balaban J connectivity index is 0.000000890. The average Bonchev–Trinajstić information content (AvgIpc) is 2.66. The Morgan fingerprint density at radius 1 is 0.900 bits per heavy atom. The van der Waals surface area contributed by atoms with Crippen molar-refractivity contribution in [3.63, 3.8) is 0 Å². The quantitative estimate of drug-likeness (QED) is 0.310. The van der Waals surface area contributed by atoms with E-state index in [1.165, 1.54) is 0 Å². The molecule has 0 aliphatic rings. The van der Waals surface area contributed by atoms with E-state index in [1.54, 1.807) is 39.8 Å². The second-order valence-corrected chi connectivity index (χ2v) is 6.80. The van der Waals surface area contributed by atoms with Crippen molar-refractivity contribution in [2.75, 3.05) is 13.6 Å². The first kappa shape index (κ1) is 26.8. The monoisotopic (exact) mass is 423 g/mol. The van der Waals surface area contributed by atoms with E-state index in [0.717, 1.165) is 18.5 Å². The Labute approximate surface area is 175 Å². The fourth-order valence-electron chi connectivity index (χ4n) is 1.74. The zero-order chi connectivity index (χ0) is 23.3. The highest BCUT2D eigenvalue weighted by atomic mass is 16.6. The van der Waals surface area contributed by atoms with Crippen molar-refractivity contribution in [1.82, 2.24) is 5.32 Å². The molecule has 0 fully saturated rings. The first-order valence-electron chi connectivity index (χ1n) is 9.32. The van der Waals surface area contributed by atoms with Gasteiger partial charge in [0.15, 0.2) is 11.5 Å². The summed E-state index contributed by atoms with van der Waals surface area (Å²) in [6.07, 6.45) is 1.91. The second-order valence-electron chi connectivity index (χ2n) is 6.80. The lowest BCUT2D eigenvalue weighted by atomic mass is 10.1. The number of benzene rings is 1. The summed E-state index contributed by atoms with van der Waals surface area (Å²) in [5.41, 5.74) is 1.00. The Kier molecular flexibility index (Phi) is 12.4. The zero-order valence-corrected chi connectivity index (χ0v) is 17.8. The number of carboxylic acids is 2. The normalized spacial score (nSPS) is 10.5. The number of rotatable bonds is 9. The summed E-state index contributed by atoms with van der Waals surface area (Å²) in [5, 5.41) is 18.7. The van der Waals surface area contributed by atoms with Crippen LogP contribution < -0.4 is 14.8 Å². The minimum atomic E-state index is -1.26. The Bertz CT molecular complexity index is 752. The average molecular weight is 423 g/mol. The van der Waals surface area contributed by atoms with Crippen molar-refractivity contribution < 1.29 is 38.9 Å². The lowest BCUT2D eigenvalue weighted by Gasteiger charge is -2.14. The van der Waals surface area contributed by atoms with Gasteiger partial charge in [0.1, 0.15) is 0 Å².